The Kier molecular flexibility index (Phi) is 4.44. The molecule has 0 aromatic carbocycles. The van der Waals surface area contributed by atoms with E-state index < -0.39 is 11.9 Å². The molecule has 0 bridgehead atoms. The fraction of sp³-hybridized carbons (Fsp3) is 0.556. The minimum atomic E-state index is -0.573. The monoisotopic (exact) mass is 240 g/mol. The average molecular weight is 240 g/mol. The molecule has 1 rings (SSSR count). The predicted octanol–water partition coefficient (Wildman–Crippen LogP) is -0.402. The van der Waals surface area contributed by atoms with Gasteiger partial charge in [-0.3, -0.25) is 4.79 Å². The standard InChI is InChI=1S/C9H16N6O2/c1-4-11-7-13-8(12-5(2)6(10)16)15-9(14-7)17-3/h5H,4H2,1-3H3,(H2,10,16)(H2,11,12,13,14,15). The summed E-state index contributed by atoms with van der Waals surface area (Å²) in [7, 11) is 1.45. The normalized spacial score (nSPS) is 11.7. The number of carbonyl (C=O) groups is 1. The van der Waals surface area contributed by atoms with Crippen LogP contribution in [0.5, 0.6) is 6.01 Å². The van der Waals surface area contributed by atoms with Crippen LogP contribution in [0.25, 0.3) is 0 Å². The zero-order chi connectivity index (χ0) is 12.8. The zero-order valence-electron chi connectivity index (χ0n) is 10.0. The Labute approximate surface area is 99.0 Å². The van der Waals surface area contributed by atoms with Crippen molar-refractivity contribution in [2.24, 2.45) is 5.73 Å². The summed E-state index contributed by atoms with van der Waals surface area (Å²) in [5.74, 6) is 0.118. The highest BCUT2D eigenvalue weighted by atomic mass is 16.5. The van der Waals surface area contributed by atoms with E-state index in [0.29, 0.717) is 12.5 Å². The Morgan fingerprint density at radius 3 is 2.59 bits per heavy atom. The SMILES string of the molecule is CCNc1nc(NC(C)C(N)=O)nc(OC)n1. The lowest BCUT2D eigenvalue weighted by Gasteiger charge is -2.11. The van der Waals surface area contributed by atoms with E-state index in [0.717, 1.165) is 0 Å². The summed E-state index contributed by atoms with van der Waals surface area (Å²) in [4.78, 5) is 22.9. The van der Waals surface area contributed by atoms with Crippen molar-refractivity contribution in [2.45, 2.75) is 19.9 Å². The van der Waals surface area contributed by atoms with Gasteiger partial charge in [0.15, 0.2) is 0 Å². The largest absolute Gasteiger partial charge is 0.467 e. The number of ether oxygens (including phenoxy) is 1. The molecule has 1 aromatic rings. The van der Waals surface area contributed by atoms with E-state index in [-0.39, 0.29) is 12.0 Å². The molecule has 0 radical (unpaired) electrons. The van der Waals surface area contributed by atoms with Gasteiger partial charge in [0.25, 0.3) is 0 Å². The Morgan fingerprint density at radius 2 is 2.06 bits per heavy atom. The smallest absolute Gasteiger partial charge is 0.322 e. The van der Waals surface area contributed by atoms with Crippen LogP contribution in [0, 0.1) is 0 Å². The predicted molar refractivity (Wildman–Crippen MR) is 62.8 cm³/mol. The number of nitrogens with one attached hydrogen (secondary N) is 2. The highest BCUT2D eigenvalue weighted by Crippen LogP contribution is 2.11. The van der Waals surface area contributed by atoms with Gasteiger partial charge in [0, 0.05) is 6.54 Å². The van der Waals surface area contributed by atoms with Gasteiger partial charge in [-0.25, -0.2) is 0 Å². The van der Waals surface area contributed by atoms with E-state index in [1.807, 2.05) is 6.92 Å². The first-order chi connectivity index (χ1) is 8.06. The summed E-state index contributed by atoms with van der Waals surface area (Å²) in [6, 6.07) is -0.410. The van der Waals surface area contributed by atoms with Gasteiger partial charge in [-0.05, 0) is 13.8 Å². The Balaban J connectivity index is 2.90. The Morgan fingerprint density at radius 1 is 1.41 bits per heavy atom. The minimum absolute atomic E-state index is 0.162. The third-order valence-electron chi connectivity index (χ3n) is 1.90. The lowest BCUT2D eigenvalue weighted by Crippen LogP contribution is -2.33. The van der Waals surface area contributed by atoms with Crippen LogP contribution in [0.1, 0.15) is 13.8 Å². The molecule has 17 heavy (non-hydrogen) atoms. The highest BCUT2D eigenvalue weighted by molar-refractivity contribution is 5.81. The molecule has 0 fully saturated rings. The summed E-state index contributed by atoms with van der Waals surface area (Å²) in [6.45, 7) is 4.19. The van der Waals surface area contributed by atoms with Crippen LogP contribution >= 0.6 is 0 Å². The van der Waals surface area contributed by atoms with Gasteiger partial charge in [0.05, 0.1) is 7.11 Å². The lowest BCUT2D eigenvalue weighted by atomic mass is 10.3. The van der Waals surface area contributed by atoms with Crippen LogP contribution in [0.15, 0.2) is 0 Å². The maximum atomic E-state index is 10.9. The molecule has 0 aliphatic heterocycles. The molecule has 1 aromatic heterocycles. The quantitative estimate of drug-likeness (QED) is 0.619. The number of carbonyl (C=O) groups excluding carboxylic acids is 1. The fourth-order valence-electron chi connectivity index (χ4n) is 1.01. The first-order valence-corrected chi connectivity index (χ1v) is 5.16. The molecule has 0 aliphatic carbocycles. The van der Waals surface area contributed by atoms with Gasteiger partial charge in [0.2, 0.25) is 17.8 Å². The molecule has 94 valence electrons. The number of anilines is 2. The van der Waals surface area contributed by atoms with E-state index in [4.69, 9.17) is 10.5 Å². The molecule has 0 spiro atoms. The van der Waals surface area contributed by atoms with Crippen molar-refractivity contribution in [3.05, 3.63) is 0 Å². The van der Waals surface area contributed by atoms with Crippen LogP contribution in [-0.2, 0) is 4.79 Å². The van der Waals surface area contributed by atoms with E-state index in [9.17, 15) is 4.79 Å². The van der Waals surface area contributed by atoms with E-state index in [1.54, 1.807) is 6.92 Å². The van der Waals surface area contributed by atoms with Crippen LogP contribution < -0.4 is 21.1 Å². The molecule has 1 unspecified atom stereocenters. The number of amides is 1. The van der Waals surface area contributed by atoms with Crippen molar-refractivity contribution < 1.29 is 9.53 Å². The number of hydrogen-bond donors (Lipinski definition) is 3. The summed E-state index contributed by atoms with van der Waals surface area (Å²) in [5.41, 5.74) is 5.13. The first kappa shape index (κ1) is 12.9. The summed E-state index contributed by atoms with van der Waals surface area (Å²) in [5, 5.41) is 5.68. The van der Waals surface area contributed by atoms with Gasteiger partial charge in [-0.15, -0.1) is 0 Å². The third-order valence-corrected chi connectivity index (χ3v) is 1.90. The van der Waals surface area contributed by atoms with Crippen LogP contribution in [0.3, 0.4) is 0 Å². The number of nitrogens with zero attached hydrogens (tertiary/aromatic N) is 3. The number of hydrogen-bond acceptors (Lipinski definition) is 7. The molecule has 8 heteroatoms. The molecular weight excluding hydrogens is 224 g/mol. The maximum Gasteiger partial charge on any atom is 0.322 e. The molecule has 4 N–H and O–H groups in total. The maximum absolute atomic E-state index is 10.9. The fourth-order valence-corrected chi connectivity index (χ4v) is 1.01. The molecule has 0 saturated heterocycles. The minimum Gasteiger partial charge on any atom is -0.467 e. The molecule has 0 saturated carbocycles. The van der Waals surface area contributed by atoms with Crippen molar-refractivity contribution in [3.8, 4) is 6.01 Å². The van der Waals surface area contributed by atoms with Crippen LogP contribution in [0.4, 0.5) is 11.9 Å². The highest BCUT2D eigenvalue weighted by Gasteiger charge is 2.12. The second kappa shape index (κ2) is 5.83. The summed E-state index contributed by atoms with van der Waals surface area (Å²) < 4.78 is 4.93. The Hall–Kier alpha value is -2.12. The number of primary amides is 1. The van der Waals surface area contributed by atoms with Gasteiger partial charge >= 0.3 is 6.01 Å². The second-order valence-corrected chi connectivity index (χ2v) is 3.27. The second-order valence-electron chi connectivity index (χ2n) is 3.27. The summed E-state index contributed by atoms with van der Waals surface area (Å²) >= 11 is 0. The first-order valence-electron chi connectivity index (χ1n) is 5.16. The molecule has 0 aliphatic rings. The molecule has 1 amide bonds. The van der Waals surface area contributed by atoms with E-state index in [2.05, 4.69) is 25.6 Å². The van der Waals surface area contributed by atoms with Crippen LogP contribution in [0.2, 0.25) is 0 Å². The molecular formula is C9H16N6O2. The number of nitrogens with two attached hydrogens (primary N) is 1. The van der Waals surface area contributed by atoms with Crippen molar-refractivity contribution in [2.75, 3.05) is 24.3 Å². The zero-order valence-corrected chi connectivity index (χ0v) is 10.0. The van der Waals surface area contributed by atoms with Gasteiger partial charge in [0.1, 0.15) is 6.04 Å². The molecule has 1 heterocycles. The van der Waals surface area contributed by atoms with E-state index in [1.165, 1.54) is 7.11 Å². The van der Waals surface area contributed by atoms with Crippen molar-refractivity contribution >= 4 is 17.8 Å². The number of methoxy groups -OCH3 is 1. The molecule has 1 atom stereocenters. The topological polar surface area (TPSA) is 115 Å². The van der Waals surface area contributed by atoms with Crippen molar-refractivity contribution in [1.82, 2.24) is 15.0 Å². The van der Waals surface area contributed by atoms with Crippen molar-refractivity contribution in [3.63, 3.8) is 0 Å². The summed E-state index contributed by atoms with van der Waals surface area (Å²) in [6.07, 6.45) is 0. The lowest BCUT2D eigenvalue weighted by molar-refractivity contribution is -0.118. The van der Waals surface area contributed by atoms with Gasteiger partial charge in [-0.2, -0.15) is 15.0 Å². The molecule has 8 nitrogen and oxygen atoms in total. The number of rotatable bonds is 6. The van der Waals surface area contributed by atoms with Gasteiger partial charge < -0.3 is 21.1 Å². The van der Waals surface area contributed by atoms with Gasteiger partial charge in [-0.1, -0.05) is 0 Å². The number of aromatic nitrogens is 3. The average Bonchev–Trinajstić information content (AvgIpc) is 2.28. The van der Waals surface area contributed by atoms with E-state index >= 15 is 0 Å². The third kappa shape index (κ3) is 3.74. The van der Waals surface area contributed by atoms with Crippen LogP contribution in [-0.4, -0.2) is 40.6 Å². The van der Waals surface area contributed by atoms with Crippen molar-refractivity contribution in [1.29, 1.82) is 0 Å². The Bertz CT molecular complexity index is 397.